The van der Waals surface area contributed by atoms with Crippen LogP contribution in [0, 0.1) is 0 Å². The summed E-state index contributed by atoms with van der Waals surface area (Å²) in [6.45, 7) is 5.26. The number of thiophene rings is 1. The van der Waals surface area contributed by atoms with E-state index in [4.69, 9.17) is 0 Å². The molecule has 0 atom stereocenters. The van der Waals surface area contributed by atoms with E-state index < -0.39 is 0 Å². The lowest BCUT2D eigenvalue weighted by Gasteiger charge is -2.08. The van der Waals surface area contributed by atoms with Gasteiger partial charge in [0.1, 0.15) is 0 Å². The molecule has 90 valence electrons. The van der Waals surface area contributed by atoms with Gasteiger partial charge in [-0.15, -0.1) is 11.3 Å². The van der Waals surface area contributed by atoms with Crippen LogP contribution in [0.15, 0.2) is 40.2 Å². The minimum absolute atomic E-state index is 0.529. The van der Waals surface area contributed by atoms with Crippen LogP contribution in [-0.4, -0.2) is 6.04 Å². The highest BCUT2D eigenvalue weighted by Crippen LogP contribution is 2.33. The molecule has 1 aromatic carbocycles. The molecule has 0 amide bonds. The van der Waals surface area contributed by atoms with Crippen molar-refractivity contribution >= 4 is 27.3 Å². The standard InChI is InChI=1S/C14H16BrNS/c1-10(2)16-9-11-3-5-12(6-4-11)14-13(15)7-8-17-14/h3-8,10,16H,9H2,1-2H3. The van der Waals surface area contributed by atoms with Crippen molar-refractivity contribution in [2.45, 2.75) is 26.4 Å². The van der Waals surface area contributed by atoms with Crippen molar-refractivity contribution in [3.63, 3.8) is 0 Å². The average molecular weight is 310 g/mol. The molecular formula is C14H16BrNS. The molecule has 0 aliphatic heterocycles. The molecule has 0 saturated carbocycles. The van der Waals surface area contributed by atoms with Gasteiger partial charge in [0.25, 0.3) is 0 Å². The predicted molar refractivity (Wildman–Crippen MR) is 79.4 cm³/mol. The first-order chi connectivity index (χ1) is 8.16. The van der Waals surface area contributed by atoms with E-state index in [9.17, 15) is 0 Å². The second-order valence-electron chi connectivity index (χ2n) is 4.33. The first-order valence-electron chi connectivity index (χ1n) is 5.72. The van der Waals surface area contributed by atoms with Crippen LogP contribution in [0.2, 0.25) is 0 Å². The normalized spacial score (nSPS) is 11.1. The summed E-state index contributed by atoms with van der Waals surface area (Å²) in [6, 6.07) is 11.4. The second kappa shape index (κ2) is 5.80. The Labute approximate surface area is 115 Å². The molecule has 0 bridgehead atoms. The highest BCUT2D eigenvalue weighted by molar-refractivity contribution is 9.10. The van der Waals surface area contributed by atoms with E-state index in [1.54, 1.807) is 11.3 Å². The summed E-state index contributed by atoms with van der Waals surface area (Å²) in [4.78, 5) is 1.30. The average Bonchev–Trinajstić information content (AvgIpc) is 2.73. The summed E-state index contributed by atoms with van der Waals surface area (Å²) >= 11 is 5.33. The number of rotatable bonds is 4. The third kappa shape index (κ3) is 3.41. The second-order valence-corrected chi connectivity index (χ2v) is 6.10. The lowest BCUT2D eigenvalue weighted by atomic mass is 10.1. The number of benzene rings is 1. The van der Waals surface area contributed by atoms with Crippen LogP contribution in [0.3, 0.4) is 0 Å². The molecule has 0 fully saturated rings. The van der Waals surface area contributed by atoms with Gasteiger partial charge in [0, 0.05) is 21.9 Å². The van der Waals surface area contributed by atoms with Gasteiger partial charge in [-0.1, -0.05) is 38.1 Å². The van der Waals surface area contributed by atoms with Gasteiger partial charge in [-0.2, -0.15) is 0 Å². The SMILES string of the molecule is CC(C)NCc1ccc(-c2sccc2Br)cc1. The van der Waals surface area contributed by atoms with Gasteiger partial charge < -0.3 is 5.32 Å². The molecule has 2 rings (SSSR count). The van der Waals surface area contributed by atoms with E-state index in [0.29, 0.717) is 6.04 Å². The van der Waals surface area contributed by atoms with Crippen LogP contribution in [-0.2, 0) is 6.54 Å². The first kappa shape index (κ1) is 12.8. The van der Waals surface area contributed by atoms with Crippen molar-refractivity contribution in [2.24, 2.45) is 0 Å². The van der Waals surface area contributed by atoms with Crippen molar-refractivity contribution < 1.29 is 0 Å². The molecule has 0 aliphatic carbocycles. The quantitative estimate of drug-likeness (QED) is 0.865. The lowest BCUT2D eigenvalue weighted by Crippen LogP contribution is -2.21. The van der Waals surface area contributed by atoms with Gasteiger partial charge in [-0.05, 0) is 38.5 Å². The number of halogens is 1. The number of hydrogen-bond acceptors (Lipinski definition) is 2. The smallest absolute Gasteiger partial charge is 0.0484 e. The van der Waals surface area contributed by atoms with Crippen molar-refractivity contribution in [1.29, 1.82) is 0 Å². The van der Waals surface area contributed by atoms with E-state index in [-0.39, 0.29) is 0 Å². The Balaban J connectivity index is 2.11. The molecule has 2 aromatic rings. The lowest BCUT2D eigenvalue weighted by molar-refractivity contribution is 0.589. The minimum atomic E-state index is 0.529. The van der Waals surface area contributed by atoms with Crippen LogP contribution in [0.25, 0.3) is 10.4 Å². The Morgan fingerprint density at radius 1 is 1.18 bits per heavy atom. The molecule has 1 heterocycles. The molecule has 1 aromatic heterocycles. The van der Waals surface area contributed by atoms with E-state index in [1.807, 2.05) is 0 Å². The first-order valence-corrected chi connectivity index (χ1v) is 7.40. The van der Waals surface area contributed by atoms with Crippen LogP contribution in [0.4, 0.5) is 0 Å². The molecular weight excluding hydrogens is 294 g/mol. The van der Waals surface area contributed by atoms with E-state index >= 15 is 0 Å². The highest BCUT2D eigenvalue weighted by Gasteiger charge is 2.04. The Hall–Kier alpha value is -0.640. The molecule has 17 heavy (non-hydrogen) atoms. The molecule has 3 heteroatoms. The van der Waals surface area contributed by atoms with Crippen molar-refractivity contribution in [2.75, 3.05) is 0 Å². The third-order valence-electron chi connectivity index (χ3n) is 2.55. The zero-order valence-corrected chi connectivity index (χ0v) is 12.4. The van der Waals surface area contributed by atoms with Crippen LogP contribution in [0.5, 0.6) is 0 Å². The Morgan fingerprint density at radius 3 is 2.41 bits per heavy atom. The summed E-state index contributed by atoms with van der Waals surface area (Å²) in [7, 11) is 0. The van der Waals surface area contributed by atoms with Gasteiger partial charge in [0.2, 0.25) is 0 Å². The monoisotopic (exact) mass is 309 g/mol. The Bertz CT molecular complexity index is 473. The van der Waals surface area contributed by atoms with Crippen molar-refractivity contribution in [1.82, 2.24) is 5.32 Å². The molecule has 0 saturated heterocycles. The van der Waals surface area contributed by atoms with Gasteiger partial charge >= 0.3 is 0 Å². The topological polar surface area (TPSA) is 12.0 Å². The molecule has 0 radical (unpaired) electrons. The fourth-order valence-electron chi connectivity index (χ4n) is 1.60. The Morgan fingerprint density at radius 2 is 1.88 bits per heavy atom. The van der Waals surface area contributed by atoms with E-state index in [0.717, 1.165) is 6.54 Å². The summed E-state index contributed by atoms with van der Waals surface area (Å²) in [6.07, 6.45) is 0. The van der Waals surface area contributed by atoms with E-state index in [1.165, 1.54) is 20.5 Å². The molecule has 0 spiro atoms. The van der Waals surface area contributed by atoms with Gasteiger partial charge in [0.15, 0.2) is 0 Å². The number of nitrogens with one attached hydrogen (secondary N) is 1. The van der Waals surface area contributed by atoms with Crippen LogP contribution in [0.1, 0.15) is 19.4 Å². The van der Waals surface area contributed by atoms with Crippen LogP contribution >= 0.6 is 27.3 Å². The maximum Gasteiger partial charge on any atom is 0.0484 e. The molecule has 1 nitrogen and oxygen atoms in total. The van der Waals surface area contributed by atoms with Gasteiger partial charge in [0.05, 0.1) is 0 Å². The fourth-order valence-corrected chi connectivity index (χ4v) is 3.21. The maximum absolute atomic E-state index is 3.57. The summed E-state index contributed by atoms with van der Waals surface area (Å²) < 4.78 is 1.18. The zero-order chi connectivity index (χ0) is 12.3. The van der Waals surface area contributed by atoms with Gasteiger partial charge in [-0.3, -0.25) is 0 Å². The van der Waals surface area contributed by atoms with E-state index in [2.05, 4.69) is 70.8 Å². The zero-order valence-electron chi connectivity index (χ0n) is 10.0. The minimum Gasteiger partial charge on any atom is -0.310 e. The van der Waals surface area contributed by atoms with Crippen molar-refractivity contribution in [3.8, 4) is 10.4 Å². The fraction of sp³-hybridized carbons (Fsp3) is 0.286. The predicted octanol–water partition coefficient (Wildman–Crippen LogP) is 4.68. The van der Waals surface area contributed by atoms with Gasteiger partial charge in [-0.25, -0.2) is 0 Å². The summed E-state index contributed by atoms with van der Waals surface area (Å²) in [5, 5.41) is 5.53. The molecule has 0 unspecified atom stereocenters. The van der Waals surface area contributed by atoms with Crippen LogP contribution < -0.4 is 5.32 Å². The summed E-state index contributed by atoms with van der Waals surface area (Å²) in [5.74, 6) is 0. The summed E-state index contributed by atoms with van der Waals surface area (Å²) in [5.41, 5.74) is 2.61. The largest absolute Gasteiger partial charge is 0.310 e. The van der Waals surface area contributed by atoms with Crippen molar-refractivity contribution in [3.05, 3.63) is 45.7 Å². The maximum atomic E-state index is 3.57. The third-order valence-corrected chi connectivity index (χ3v) is 4.43. The number of hydrogen-bond donors (Lipinski definition) is 1. The molecule has 1 N–H and O–H groups in total. The Kier molecular flexibility index (Phi) is 4.37. The highest BCUT2D eigenvalue weighted by atomic mass is 79.9. The molecule has 0 aliphatic rings.